The monoisotopic (exact) mass is 434 g/mol. The molecular weight excluding hydrogens is 400 g/mol. The average molecular weight is 435 g/mol. The number of ether oxygens (including phenoxy) is 1. The first kappa shape index (κ1) is 21.3. The predicted octanol–water partition coefficient (Wildman–Crippen LogP) is 3.34. The van der Waals surface area contributed by atoms with Crippen LogP contribution in [0.15, 0.2) is 48.7 Å². The molecule has 1 amide bonds. The van der Waals surface area contributed by atoms with Crippen LogP contribution in [0.5, 0.6) is 5.75 Å². The van der Waals surface area contributed by atoms with Gasteiger partial charge in [-0.2, -0.15) is 0 Å². The highest BCUT2D eigenvalue weighted by Crippen LogP contribution is 2.44. The highest BCUT2D eigenvalue weighted by Gasteiger charge is 2.53. The van der Waals surface area contributed by atoms with Crippen LogP contribution in [0.2, 0.25) is 0 Å². The highest BCUT2D eigenvalue weighted by atomic mass is 16.5. The SMILES string of the molecule is COc1cccc(CN2CCC[C@]3(C(=O)NCC4CC4)CN(c4ccccn4)C[C@@H]3C2)c1. The molecule has 1 aromatic carbocycles. The van der Waals surface area contributed by atoms with E-state index in [-0.39, 0.29) is 17.2 Å². The van der Waals surface area contributed by atoms with Crippen LogP contribution in [-0.4, -0.2) is 55.6 Å². The summed E-state index contributed by atoms with van der Waals surface area (Å²) in [4.78, 5) is 23.1. The van der Waals surface area contributed by atoms with Crippen molar-refractivity contribution in [2.24, 2.45) is 17.3 Å². The first-order chi connectivity index (χ1) is 15.7. The maximum absolute atomic E-state index is 13.6. The number of anilines is 1. The lowest BCUT2D eigenvalue weighted by molar-refractivity contribution is -0.132. The van der Waals surface area contributed by atoms with E-state index in [0.717, 1.165) is 63.7 Å². The van der Waals surface area contributed by atoms with Gasteiger partial charge in [0.2, 0.25) is 5.91 Å². The van der Waals surface area contributed by atoms with Crippen LogP contribution in [0, 0.1) is 17.3 Å². The lowest BCUT2D eigenvalue weighted by Crippen LogP contribution is -2.48. The van der Waals surface area contributed by atoms with Gasteiger partial charge in [0.1, 0.15) is 11.6 Å². The van der Waals surface area contributed by atoms with Gasteiger partial charge in [0.05, 0.1) is 12.5 Å². The Morgan fingerprint density at radius 2 is 2.12 bits per heavy atom. The van der Waals surface area contributed by atoms with Crippen LogP contribution >= 0.6 is 0 Å². The molecule has 1 N–H and O–H groups in total. The summed E-state index contributed by atoms with van der Waals surface area (Å²) < 4.78 is 5.41. The van der Waals surface area contributed by atoms with Crippen LogP contribution < -0.4 is 15.0 Å². The summed E-state index contributed by atoms with van der Waals surface area (Å²) in [5, 5.41) is 3.33. The van der Waals surface area contributed by atoms with Crippen molar-refractivity contribution in [3.8, 4) is 5.75 Å². The van der Waals surface area contributed by atoms with Crippen LogP contribution in [0.3, 0.4) is 0 Å². The number of benzene rings is 1. The number of nitrogens with zero attached hydrogens (tertiary/aromatic N) is 3. The number of carbonyl (C=O) groups is 1. The Bertz CT molecular complexity index is 932. The van der Waals surface area contributed by atoms with E-state index < -0.39 is 0 Å². The predicted molar refractivity (Wildman–Crippen MR) is 126 cm³/mol. The van der Waals surface area contributed by atoms with Gasteiger partial charge in [-0.05, 0) is 68.0 Å². The van der Waals surface area contributed by atoms with E-state index in [1.54, 1.807) is 7.11 Å². The fourth-order valence-electron chi connectivity index (χ4n) is 5.51. The molecule has 0 bridgehead atoms. The molecule has 6 nitrogen and oxygen atoms in total. The largest absolute Gasteiger partial charge is 0.497 e. The Balaban J connectivity index is 1.36. The van der Waals surface area contributed by atoms with E-state index in [4.69, 9.17) is 4.74 Å². The van der Waals surface area contributed by atoms with Gasteiger partial charge in [-0.3, -0.25) is 9.69 Å². The van der Waals surface area contributed by atoms with Crippen molar-refractivity contribution >= 4 is 11.7 Å². The van der Waals surface area contributed by atoms with Gasteiger partial charge in [-0.1, -0.05) is 18.2 Å². The van der Waals surface area contributed by atoms with E-state index in [0.29, 0.717) is 5.92 Å². The number of methoxy groups -OCH3 is 1. The van der Waals surface area contributed by atoms with Crippen molar-refractivity contribution in [1.82, 2.24) is 15.2 Å². The number of fused-ring (bicyclic) bond motifs is 1. The van der Waals surface area contributed by atoms with Gasteiger partial charge >= 0.3 is 0 Å². The summed E-state index contributed by atoms with van der Waals surface area (Å²) in [6.45, 7) is 5.31. The molecule has 0 unspecified atom stereocenters. The molecule has 2 aliphatic heterocycles. The third-order valence-electron chi connectivity index (χ3n) is 7.49. The van der Waals surface area contributed by atoms with Gasteiger partial charge in [0.15, 0.2) is 0 Å². The fourth-order valence-corrected chi connectivity index (χ4v) is 5.51. The fraction of sp³-hybridized carbons (Fsp3) is 0.538. The number of carbonyl (C=O) groups excluding carboxylic acids is 1. The maximum atomic E-state index is 13.6. The van der Waals surface area contributed by atoms with Gasteiger partial charge in [-0.25, -0.2) is 4.98 Å². The summed E-state index contributed by atoms with van der Waals surface area (Å²) >= 11 is 0. The van der Waals surface area contributed by atoms with Crippen LogP contribution in [-0.2, 0) is 11.3 Å². The van der Waals surface area contributed by atoms with Crippen molar-refractivity contribution in [2.75, 3.05) is 44.7 Å². The Labute approximate surface area is 191 Å². The van der Waals surface area contributed by atoms with Crippen molar-refractivity contribution < 1.29 is 9.53 Å². The Morgan fingerprint density at radius 1 is 1.22 bits per heavy atom. The Kier molecular flexibility index (Phi) is 6.05. The molecule has 32 heavy (non-hydrogen) atoms. The molecule has 3 aliphatic rings. The quantitative estimate of drug-likeness (QED) is 0.724. The van der Waals surface area contributed by atoms with Gasteiger partial charge < -0.3 is 15.0 Å². The highest BCUT2D eigenvalue weighted by molar-refractivity contribution is 5.84. The topological polar surface area (TPSA) is 57.7 Å². The molecule has 2 aromatic rings. The van der Waals surface area contributed by atoms with Gasteiger partial charge in [0.25, 0.3) is 0 Å². The molecule has 2 saturated heterocycles. The summed E-state index contributed by atoms with van der Waals surface area (Å²) in [6, 6.07) is 14.4. The number of nitrogens with one attached hydrogen (secondary N) is 1. The second kappa shape index (κ2) is 9.10. The van der Waals surface area contributed by atoms with Crippen LogP contribution in [0.25, 0.3) is 0 Å². The van der Waals surface area contributed by atoms with E-state index >= 15 is 0 Å². The number of hydrogen-bond donors (Lipinski definition) is 1. The van der Waals surface area contributed by atoms with E-state index in [2.05, 4.69) is 44.4 Å². The zero-order valence-electron chi connectivity index (χ0n) is 19.0. The molecule has 0 radical (unpaired) electrons. The number of hydrogen-bond acceptors (Lipinski definition) is 5. The summed E-state index contributed by atoms with van der Waals surface area (Å²) in [6.07, 6.45) is 6.33. The normalized spacial score (nSPS) is 25.8. The standard InChI is InChI=1S/C26H34N4O2/c1-32-23-7-4-6-21(14-23)16-29-13-5-11-26(25(31)28-15-20-9-10-20)19-30(18-22(26)17-29)24-8-2-3-12-27-24/h2-4,6-8,12,14,20,22H,5,9-11,13,15-19H2,1H3,(H,28,31)/t22-,26-/m0/s1. The third-order valence-corrected chi connectivity index (χ3v) is 7.49. The molecule has 2 atom stereocenters. The van der Waals surface area contributed by atoms with E-state index in [1.807, 2.05) is 24.4 Å². The molecular formula is C26H34N4O2. The van der Waals surface area contributed by atoms with Crippen molar-refractivity contribution in [1.29, 1.82) is 0 Å². The lowest BCUT2D eigenvalue weighted by Gasteiger charge is -2.32. The van der Waals surface area contributed by atoms with Crippen molar-refractivity contribution in [2.45, 2.75) is 32.2 Å². The second-order valence-electron chi connectivity index (χ2n) is 9.77. The molecule has 5 rings (SSSR count). The minimum atomic E-state index is -0.338. The molecule has 170 valence electrons. The van der Waals surface area contributed by atoms with E-state index in [1.165, 1.54) is 18.4 Å². The minimum absolute atomic E-state index is 0.260. The third kappa shape index (κ3) is 4.46. The van der Waals surface area contributed by atoms with Crippen LogP contribution in [0.1, 0.15) is 31.2 Å². The minimum Gasteiger partial charge on any atom is -0.497 e. The summed E-state index contributed by atoms with van der Waals surface area (Å²) in [5.41, 5.74) is 0.921. The summed E-state index contributed by atoms with van der Waals surface area (Å²) in [5.74, 6) is 3.12. The molecule has 3 heterocycles. The molecule has 1 aliphatic carbocycles. The zero-order valence-corrected chi connectivity index (χ0v) is 19.0. The number of likely N-dealkylation sites (tertiary alicyclic amines) is 1. The number of rotatable bonds is 7. The smallest absolute Gasteiger partial charge is 0.228 e. The first-order valence-corrected chi connectivity index (χ1v) is 12.0. The van der Waals surface area contributed by atoms with Gasteiger partial charge in [0, 0.05) is 44.8 Å². The molecule has 3 fully saturated rings. The molecule has 1 aromatic heterocycles. The van der Waals surface area contributed by atoms with Crippen molar-refractivity contribution in [3.05, 3.63) is 54.2 Å². The number of amides is 1. The van der Waals surface area contributed by atoms with E-state index in [9.17, 15) is 4.79 Å². The van der Waals surface area contributed by atoms with Gasteiger partial charge in [-0.15, -0.1) is 0 Å². The van der Waals surface area contributed by atoms with Crippen LogP contribution in [0.4, 0.5) is 5.82 Å². The molecule has 6 heteroatoms. The Hall–Kier alpha value is -2.60. The lowest BCUT2D eigenvalue weighted by atomic mass is 9.74. The molecule has 0 spiro atoms. The zero-order chi connectivity index (χ0) is 22.0. The Morgan fingerprint density at radius 3 is 2.91 bits per heavy atom. The van der Waals surface area contributed by atoms with Crippen molar-refractivity contribution in [3.63, 3.8) is 0 Å². The first-order valence-electron chi connectivity index (χ1n) is 12.0. The second-order valence-corrected chi connectivity index (χ2v) is 9.77. The number of pyridine rings is 1. The number of aromatic nitrogens is 1. The maximum Gasteiger partial charge on any atom is 0.228 e. The summed E-state index contributed by atoms with van der Waals surface area (Å²) in [7, 11) is 1.71. The molecule has 1 saturated carbocycles. The average Bonchev–Trinajstić information content (AvgIpc) is 3.61.